The molecule has 2 fully saturated rings. The van der Waals surface area contributed by atoms with Gasteiger partial charge in [0.1, 0.15) is 5.01 Å². The van der Waals surface area contributed by atoms with Crippen LogP contribution in [0.15, 0.2) is 29.6 Å². The Bertz CT molecular complexity index is 747. The Morgan fingerprint density at radius 2 is 1.81 bits per heavy atom. The quantitative estimate of drug-likeness (QED) is 0.782. The predicted octanol–water partition coefficient (Wildman–Crippen LogP) is 4.30. The predicted molar refractivity (Wildman–Crippen MR) is 106 cm³/mol. The lowest BCUT2D eigenvalue weighted by molar-refractivity contribution is -0.137. The molecule has 26 heavy (non-hydrogen) atoms. The highest BCUT2D eigenvalue weighted by Crippen LogP contribution is 2.27. The van der Waals surface area contributed by atoms with Crippen LogP contribution < -0.4 is 0 Å². The lowest BCUT2D eigenvalue weighted by Gasteiger charge is -2.35. The van der Waals surface area contributed by atoms with Gasteiger partial charge in [-0.2, -0.15) is 0 Å². The Balaban J connectivity index is 1.30. The maximum Gasteiger partial charge on any atom is 0.225 e. The van der Waals surface area contributed by atoms with Gasteiger partial charge in [0.15, 0.2) is 0 Å². The molecule has 1 aromatic heterocycles. The molecule has 2 aromatic rings. The van der Waals surface area contributed by atoms with E-state index in [9.17, 15) is 4.79 Å². The van der Waals surface area contributed by atoms with Gasteiger partial charge >= 0.3 is 0 Å². The molecule has 0 atom stereocenters. The molecule has 2 aliphatic rings. The Morgan fingerprint density at radius 1 is 1.12 bits per heavy atom. The molecular formula is C20H24ClN3OS. The first-order valence-corrected chi connectivity index (χ1v) is 10.7. The second-order valence-electron chi connectivity index (χ2n) is 7.22. The highest BCUT2D eigenvalue weighted by atomic mass is 35.5. The largest absolute Gasteiger partial charge is 0.340 e. The highest BCUT2D eigenvalue weighted by Gasteiger charge is 2.29. The van der Waals surface area contributed by atoms with Crippen LogP contribution in [0, 0.1) is 5.92 Å². The normalized spacial score (nSPS) is 19.2. The van der Waals surface area contributed by atoms with Crippen molar-refractivity contribution in [3.05, 3.63) is 39.7 Å². The van der Waals surface area contributed by atoms with Crippen molar-refractivity contribution >= 4 is 28.8 Å². The Morgan fingerprint density at radius 3 is 2.50 bits per heavy atom. The fraction of sp³-hybridized carbons (Fsp3) is 0.500. The summed E-state index contributed by atoms with van der Waals surface area (Å²) in [6, 6.07) is 7.82. The molecule has 6 heteroatoms. The van der Waals surface area contributed by atoms with Crippen LogP contribution in [0.1, 0.15) is 30.7 Å². The van der Waals surface area contributed by atoms with Crippen molar-refractivity contribution in [3.8, 4) is 11.3 Å². The molecule has 0 spiro atoms. The summed E-state index contributed by atoms with van der Waals surface area (Å²) in [5.41, 5.74) is 2.11. The van der Waals surface area contributed by atoms with E-state index in [-0.39, 0.29) is 0 Å². The van der Waals surface area contributed by atoms with E-state index in [1.807, 2.05) is 24.3 Å². The molecular weight excluding hydrogens is 366 g/mol. The molecule has 1 saturated heterocycles. The van der Waals surface area contributed by atoms with E-state index in [0.717, 1.165) is 66.9 Å². The molecule has 1 saturated carbocycles. The number of nitrogens with zero attached hydrogens (tertiary/aromatic N) is 3. The maximum atomic E-state index is 12.5. The van der Waals surface area contributed by atoms with Gasteiger partial charge in [-0.1, -0.05) is 36.6 Å². The monoisotopic (exact) mass is 389 g/mol. The number of hydrogen-bond acceptors (Lipinski definition) is 4. The molecule has 1 aliphatic heterocycles. The third kappa shape index (κ3) is 4.11. The first-order valence-electron chi connectivity index (χ1n) is 9.40. The summed E-state index contributed by atoms with van der Waals surface area (Å²) in [6.45, 7) is 4.45. The van der Waals surface area contributed by atoms with E-state index in [4.69, 9.17) is 16.6 Å². The number of aromatic nitrogens is 1. The number of hydrogen-bond donors (Lipinski definition) is 0. The summed E-state index contributed by atoms with van der Waals surface area (Å²) >= 11 is 7.66. The summed E-state index contributed by atoms with van der Waals surface area (Å²) in [5.74, 6) is 0.684. The zero-order valence-electron chi connectivity index (χ0n) is 14.9. The maximum absolute atomic E-state index is 12.5. The minimum absolute atomic E-state index is 0.294. The topological polar surface area (TPSA) is 36.4 Å². The number of thiazole rings is 1. The van der Waals surface area contributed by atoms with Crippen molar-refractivity contribution in [3.63, 3.8) is 0 Å². The lowest BCUT2D eigenvalue weighted by Crippen LogP contribution is -2.49. The molecule has 2 heterocycles. The van der Waals surface area contributed by atoms with Crippen molar-refractivity contribution in [1.29, 1.82) is 0 Å². The molecule has 4 rings (SSSR count). The Kier molecular flexibility index (Phi) is 5.57. The molecule has 1 aliphatic carbocycles. The van der Waals surface area contributed by atoms with Crippen LogP contribution in [-0.2, 0) is 11.3 Å². The van der Waals surface area contributed by atoms with Crippen LogP contribution >= 0.6 is 22.9 Å². The average Bonchev–Trinajstić information content (AvgIpc) is 3.35. The van der Waals surface area contributed by atoms with Crippen LogP contribution in [0.4, 0.5) is 0 Å². The zero-order valence-corrected chi connectivity index (χ0v) is 16.4. The number of carbonyl (C=O) groups is 1. The second kappa shape index (κ2) is 8.07. The van der Waals surface area contributed by atoms with Crippen molar-refractivity contribution < 1.29 is 4.79 Å². The number of rotatable bonds is 4. The van der Waals surface area contributed by atoms with Gasteiger partial charge in [0.2, 0.25) is 5.91 Å². The first kappa shape index (κ1) is 18.0. The molecule has 0 N–H and O–H groups in total. The third-order valence-electron chi connectivity index (χ3n) is 5.44. The molecule has 138 valence electrons. The van der Waals surface area contributed by atoms with E-state index in [1.165, 1.54) is 12.8 Å². The summed E-state index contributed by atoms with van der Waals surface area (Å²) in [4.78, 5) is 21.8. The summed E-state index contributed by atoms with van der Waals surface area (Å²) < 4.78 is 0. The van der Waals surface area contributed by atoms with Gasteiger partial charge in [-0.25, -0.2) is 4.98 Å². The van der Waals surface area contributed by atoms with Crippen molar-refractivity contribution in [1.82, 2.24) is 14.8 Å². The van der Waals surface area contributed by atoms with E-state index in [0.29, 0.717) is 11.8 Å². The minimum atomic E-state index is 0.294. The number of benzene rings is 1. The SMILES string of the molecule is O=C(C1CCCC1)N1CCN(Cc2nc(-c3ccc(Cl)cc3)cs2)CC1. The molecule has 0 unspecified atom stereocenters. The third-order valence-corrected chi connectivity index (χ3v) is 6.52. The standard InChI is InChI=1S/C20H24ClN3OS/c21-17-7-5-15(6-8-17)18-14-26-19(22-18)13-23-9-11-24(12-10-23)20(25)16-3-1-2-4-16/h5-8,14,16H,1-4,9-13H2. The fourth-order valence-electron chi connectivity index (χ4n) is 3.89. The number of amides is 1. The van der Waals surface area contributed by atoms with Crippen LogP contribution in [0.2, 0.25) is 5.02 Å². The highest BCUT2D eigenvalue weighted by molar-refractivity contribution is 7.09. The van der Waals surface area contributed by atoms with Gasteiger partial charge in [-0.3, -0.25) is 9.69 Å². The molecule has 0 radical (unpaired) electrons. The molecule has 1 amide bonds. The van der Waals surface area contributed by atoms with Gasteiger partial charge in [0, 0.05) is 48.1 Å². The van der Waals surface area contributed by atoms with Gasteiger partial charge in [-0.15, -0.1) is 11.3 Å². The average molecular weight is 390 g/mol. The molecule has 4 nitrogen and oxygen atoms in total. The smallest absolute Gasteiger partial charge is 0.225 e. The van der Waals surface area contributed by atoms with E-state index < -0.39 is 0 Å². The van der Waals surface area contributed by atoms with Crippen LogP contribution in [0.3, 0.4) is 0 Å². The first-order chi connectivity index (χ1) is 12.7. The van der Waals surface area contributed by atoms with Gasteiger partial charge in [-0.05, 0) is 25.0 Å². The zero-order chi connectivity index (χ0) is 17.9. The van der Waals surface area contributed by atoms with E-state index in [2.05, 4.69) is 15.2 Å². The fourth-order valence-corrected chi connectivity index (χ4v) is 4.86. The second-order valence-corrected chi connectivity index (χ2v) is 8.60. The molecule has 1 aromatic carbocycles. The van der Waals surface area contributed by atoms with E-state index in [1.54, 1.807) is 11.3 Å². The number of piperazine rings is 1. The Hall–Kier alpha value is -1.43. The summed E-state index contributed by atoms with van der Waals surface area (Å²) in [5, 5.41) is 3.98. The van der Waals surface area contributed by atoms with Gasteiger partial charge < -0.3 is 4.90 Å². The minimum Gasteiger partial charge on any atom is -0.340 e. The van der Waals surface area contributed by atoms with Gasteiger partial charge in [0.05, 0.1) is 12.2 Å². The number of carbonyl (C=O) groups excluding carboxylic acids is 1. The Labute approximate surface area is 163 Å². The van der Waals surface area contributed by atoms with E-state index >= 15 is 0 Å². The van der Waals surface area contributed by atoms with Gasteiger partial charge in [0.25, 0.3) is 0 Å². The summed E-state index contributed by atoms with van der Waals surface area (Å²) in [6.07, 6.45) is 4.62. The van der Waals surface area contributed by atoms with Crippen molar-refractivity contribution in [2.45, 2.75) is 32.2 Å². The lowest BCUT2D eigenvalue weighted by atomic mass is 10.1. The molecule has 0 bridgehead atoms. The van der Waals surface area contributed by atoms with Crippen molar-refractivity contribution in [2.75, 3.05) is 26.2 Å². The number of halogens is 1. The van der Waals surface area contributed by atoms with Crippen LogP contribution in [0.25, 0.3) is 11.3 Å². The van der Waals surface area contributed by atoms with Crippen LogP contribution in [0.5, 0.6) is 0 Å². The van der Waals surface area contributed by atoms with Crippen molar-refractivity contribution in [2.24, 2.45) is 5.92 Å². The van der Waals surface area contributed by atoms with Crippen LogP contribution in [-0.4, -0.2) is 46.9 Å². The summed E-state index contributed by atoms with van der Waals surface area (Å²) in [7, 11) is 0.